The summed E-state index contributed by atoms with van der Waals surface area (Å²) >= 11 is 0. The molecule has 0 saturated carbocycles. The number of ketones is 1. The Morgan fingerprint density at radius 2 is 1.88 bits per heavy atom. The summed E-state index contributed by atoms with van der Waals surface area (Å²) in [6.45, 7) is 3.54. The number of hydrogen-bond acceptors (Lipinski definition) is 5. The van der Waals surface area contributed by atoms with Crippen molar-refractivity contribution in [3.05, 3.63) is 89.9 Å². The van der Waals surface area contributed by atoms with Gasteiger partial charge in [0, 0.05) is 34.6 Å². The number of rotatable bonds is 6. The lowest BCUT2D eigenvalue weighted by molar-refractivity contribution is 0.103. The van der Waals surface area contributed by atoms with Crippen molar-refractivity contribution in [2.75, 3.05) is 5.32 Å². The van der Waals surface area contributed by atoms with Crippen LogP contribution in [0.15, 0.2) is 73.1 Å². The molecule has 2 aromatic carbocycles. The van der Waals surface area contributed by atoms with Gasteiger partial charge in [0.15, 0.2) is 5.78 Å². The van der Waals surface area contributed by atoms with Gasteiger partial charge < -0.3 is 4.74 Å². The Balaban J connectivity index is 1.58. The number of carbonyl (C=O) groups excluding carboxylic acids is 2. The molecule has 4 aromatic rings. The largest absolute Gasteiger partial charge is 0.447 e. The molecule has 2 aromatic heterocycles. The van der Waals surface area contributed by atoms with Gasteiger partial charge >= 0.3 is 6.09 Å². The smallest absolute Gasteiger partial charge is 0.411 e. The molecule has 0 unspecified atom stereocenters. The van der Waals surface area contributed by atoms with E-state index in [2.05, 4.69) is 15.4 Å². The third kappa shape index (κ3) is 4.89. The Bertz CT molecular complexity index is 1290. The van der Waals surface area contributed by atoms with Gasteiger partial charge in [-0.2, -0.15) is 5.10 Å². The summed E-state index contributed by atoms with van der Waals surface area (Å²) in [4.78, 5) is 29.2. The van der Waals surface area contributed by atoms with Crippen LogP contribution in [-0.4, -0.2) is 32.7 Å². The fourth-order valence-electron chi connectivity index (χ4n) is 3.19. The van der Waals surface area contributed by atoms with Crippen LogP contribution in [0.2, 0.25) is 0 Å². The van der Waals surface area contributed by atoms with Crippen molar-refractivity contribution in [1.29, 1.82) is 0 Å². The molecule has 160 valence electrons. The average molecular weight is 426 g/mol. The number of ether oxygens (including phenoxy) is 1. The molecular formula is C25H22N4O3. The average Bonchev–Trinajstić information content (AvgIpc) is 3.19. The molecule has 0 spiro atoms. The minimum absolute atomic E-state index is 0.158. The van der Waals surface area contributed by atoms with Gasteiger partial charge in [0.05, 0.1) is 23.5 Å². The van der Waals surface area contributed by atoms with Crippen LogP contribution in [0.3, 0.4) is 0 Å². The van der Waals surface area contributed by atoms with E-state index in [0.29, 0.717) is 16.8 Å². The monoisotopic (exact) mass is 426 g/mol. The van der Waals surface area contributed by atoms with Gasteiger partial charge in [0.1, 0.15) is 0 Å². The van der Waals surface area contributed by atoms with E-state index in [1.807, 2.05) is 36.5 Å². The van der Waals surface area contributed by atoms with E-state index in [9.17, 15) is 9.59 Å². The van der Waals surface area contributed by atoms with Gasteiger partial charge in [0.2, 0.25) is 0 Å². The zero-order valence-corrected chi connectivity index (χ0v) is 17.7. The molecule has 1 N–H and O–H groups in total. The number of amides is 1. The molecule has 0 aliphatic heterocycles. The molecule has 4 rings (SSSR count). The maximum Gasteiger partial charge on any atom is 0.411 e. The number of aromatic nitrogens is 3. The zero-order valence-electron chi connectivity index (χ0n) is 17.7. The van der Waals surface area contributed by atoms with Crippen molar-refractivity contribution in [3.8, 4) is 0 Å². The number of nitrogens with zero attached hydrogens (tertiary/aromatic N) is 3. The number of fused-ring (bicyclic) bond motifs is 1. The second kappa shape index (κ2) is 9.26. The predicted molar refractivity (Wildman–Crippen MR) is 124 cm³/mol. The van der Waals surface area contributed by atoms with Crippen molar-refractivity contribution >= 4 is 40.7 Å². The van der Waals surface area contributed by atoms with E-state index < -0.39 is 6.09 Å². The Hall–Kier alpha value is -4.26. The van der Waals surface area contributed by atoms with Crippen LogP contribution in [-0.2, 0) is 4.74 Å². The van der Waals surface area contributed by atoms with Crippen LogP contribution in [0.25, 0.3) is 23.2 Å². The highest BCUT2D eigenvalue weighted by atomic mass is 16.6. The summed E-state index contributed by atoms with van der Waals surface area (Å²) in [5.74, 6) is -0.158. The number of carbonyl (C=O) groups is 2. The quantitative estimate of drug-likeness (QED) is 0.426. The van der Waals surface area contributed by atoms with Gasteiger partial charge in [-0.3, -0.25) is 15.1 Å². The minimum atomic E-state index is -0.561. The second-order valence-corrected chi connectivity index (χ2v) is 7.42. The van der Waals surface area contributed by atoms with Crippen molar-refractivity contribution in [3.63, 3.8) is 0 Å². The lowest BCUT2D eigenvalue weighted by atomic mass is 10.0. The van der Waals surface area contributed by atoms with E-state index >= 15 is 0 Å². The summed E-state index contributed by atoms with van der Waals surface area (Å²) in [5, 5.41) is 7.94. The molecule has 0 saturated heterocycles. The molecule has 0 aliphatic rings. The second-order valence-electron chi connectivity index (χ2n) is 7.42. The SMILES string of the molecule is CC(C)OC(=O)Nc1cccc(C(=O)c2ccc3cnn(C=Cc4ccccn4)c3c2)c1. The standard InChI is InChI=1S/C25H22N4O3/c1-17(2)32-25(31)28-22-8-5-6-18(14-22)24(30)19-9-10-20-16-27-29(23(20)15-19)13-11-21-7-3-4-12-26-21/h3-17H,1-2H3,(H,28,31). The van der Waals surface area contributed by atoms with Gasteiger partial charge in [-0.1, -0.05) is 30.3 Å². The molecule has 0 aliphatic carbocycles. The Morgan fingerprint density at radius 3 is 2.66 bits per heavy atom. The lowest BCUT2D eigenvalue weighted by Gasteiger charge is -2.10. The number of benzene rings is 2. The van der Waals surface area contributed by atoms with Gasteiger partial charge in [0.25, 0.3) is 0 Å². The van der Waals surface area contributed by atoms with Crippen LogP contribution < -0.4 is 5.32 Å². The van der Waals surface area contributed by atoms with Crippen molar-refractivity contribution < 1.29 is 14.3 Å². The Kier molecular flexibility index (Phi) is 6.07. The first-order chi connectivity index (χ1) is 15.5. The van der Waals surface area contributed by atoms with E-state index in [4.69, 9.17) is 4.74 Å². The summed E-state index contributed by atoms with van der Waals surface area (Å²) in [5.41, 5.74) is 3.08. The highest BCUT2D eigenvalue weighted by Gasteiger charge is 2.13. The molecule has 7 heteroatoms. The summed E-state index contributed by atoms with van der Waals surface area (Å²) in [6.07, 6.45) is 6.34. The number of nitrogens with one attached hydrogen (secondary N) is 1. The third-order valence-electron chi connectivity index (χ3n) is 4.65. The zero-order chi connectivity index (χ0) is 22.5. The number of anilines is 1. The molecule has 2 heterocycles. The van der Waals surface area contributed by atoms with E-state index in [-0.39, 0.29) is 11.9 Å². The highest BCUT2D eigenvalue weighted by molar-refractivity contribution is 6.11. The lowest BCUT2D eigenvalue weighted by Crippen LogP contribution is -2.18. The van der Waals surface area contributed by atoms with Gasteiger partial charge in [-0.15, -0.1) is 0 Å². The fraction of sp³-hybridized carbons (Fsp3) is 0.120. The van der Waals surface area contributed by atoms with E-state index in [0.717, 1.165) is 16.6 Å². The van der Waals surface area contributed by atoms with Crippen LogP contribution >= 0.6 is 0 Å². The summed E-state index contributed by atoms with van der Waals surface area (Å²) in [7, 11) is 0. The number of hydrogen-bond donors (Lipinski definition) is 1. The normalized spacial score (nSPS) is 11.2. The first-order valence-electron chi connectivity index (χ1n) is 10.2. The maximum atomic E-state index is 13.1. The third-order valence-corrected chi connectivity index (χ3v) is 4.65. The minimum Gasteiger partial charge on any atom is -0.447 e. The molecule has 0 bridgehead atoms. The first-order valence-corrected chi connectivity index (χ1v) is 10.2. The van der Waals surface area contributed by atoms with Gasteiger partial charge in [-0.05, 0) is 50.3 Å². The molecule has 0 radical (unpaired) electrons. The van der Waals surface area contributed by atoms with Crippen molar-refractivity contribution in [2.24, 2.45) is 0 Å². The van der Waals surface area contributed by atoms with Crippen LogP contribution in [0.1, 0.15) is 35.5 Å². The van der Waals surface area contributed by atoms with Crippen LogP contribution in [0.4, 0.5) is 10.5 Å². The van der Waals surface area contributed by atoms with Crippen LogP contribution in [0.5, 0.6) is 0 Å². The molecular weight excluding hydrogens is 404 g/mol. The number of pyridine rings is 1. The topological polar surface area (TPSA) is 86.1 Å². The van der Waals surface area contributed by atoms with Gasteiger partial charge in [-0.25, -0.2) is 9.48 Å². The van der Waals surface area contributed by atoms with Crippen LogP contribution in [0, 0.1) is 0 Å². The summed E-state index contributed by atoms with van der Waals surface area (Å²) in [6, 6.07) is 17.9. The molecule has 0 atom stereocenters. The van der Waals surface area contributed by atoms with E-state index in [1.165, 1.54) is 0 Å². The van der Waals surface area contributed by atoms with E-state index in [1.54, 1.807) is 67.3 Å². The molecule has 1 amide bonds. The fourth-order valence-corrected chi connectivity index (χ4v) is 3.19. The molecule has 0 fully saturated rings. The molecule has 7 nitrogen and oxygen atoms in total. The first kappa shape index (κ1) is 21.0. The highest BCUT2D eigenvalue weighted by Crippen LogP contribution is 2.20. The Labute approximate surface area is 185 Å². The van der Waals surface area contributed by atoms with Crippen molar-refractivity contribution in [2.45, 2.75) is 20.0 Å². The predicted octanol–water partition coefficient (Wildman–Crippen LogP) is 5.25. The summed E-state index contributed by atoms with van der Waals surface area (Å²) < 4.78 is 6.80. The van der Waals surface area contributed by atoms with Crippen molar-refractivity contribution in [1.82, 2.24) is 14.8 Å². The maximum absolute atomic E-state index is 13.1. The molecule has 32 heavy (non-hydrogen) atoms. The Morgan fingerprint density at radius 1 is 1.03 bits per heavy atom.